The molecule has 0 aliphatic heterocycles. The van der Waals surface area contributed by atoms with E-state index >= 15 is 0 Å². The van der Waals surface area contributed by atoms with Gasteiger partial charge in [-0.1, -0.05) is 6.92 Å². The number of H-pyrrole nitrogens is 1. The van der Waals surface area contributed by atoms with Gasteiger partial charge in [-0.05, 0) is 13.3 Å². The molecule has 3 rings (SSSR count). The number of carbonyl (C=O) groups excluding carboxylic acids is 1. The molecule has 6 heteroatoms. The van der Waals surface area contributed by atoms with E-state index in [0.717, 1.165) is 0 Å². The summed E-state index contributed by atoms with van der Waals surface area (Å²) < 4.78 is 32.2. The molecular formula is C12H14F2N2O2. The molecule has 0 saturated heterocycles. The van der Waals surface area contributed by atoms with Gasteiger partial charge in [0.25, 0.3) is 5.92 Å². The van der Waals surface area contributed by atoms with Gasteiger partial charge in [-0.15, -0.1) is 0 Å². The zero-order chi connectivity index (χ0) is 13.1. The third-order valence-electron chi connectivity index (χ3n) is 4.26. The van der Waals surface area contributed by atoms with Crippen LogP contribution in [0.3, 0.4) is 0 Å². The molecule has 0 aromatic carbocycles. The van der Waals surface area contributed by atoms with Crippen LogP contribution in [0.1, 0.15) is 35.6 Å². The Labute approximate surface area is 103 Å². The van der Waals surface area contributed by atoms with Gasteiger partial charge in [0, 0.05) is 29.0 Å². The van der Waals surface area contributed by atoms with Gasteiger partial charge in [-0.3, -0.25) is 5.10 Å². The maximum atomic E-state index is 13.7. The van der Waals surface area contributed by atoms with Gasteiger partial charge in [-0.2, -0.15) is 5.10 Å². The number of nitrogens with one attached hydrogen (secondary N) is 1. The summed E-state index contributed by atoms with van der Waals surface area (Å²) in [7, 11) is 0. The Morgan fingerprint density at radius 1 is 1.61 bits per heavy atom. The minimum absolute atomic E-state index is 0.164. The van der Waals surface area contributed by atoms with E-state index in [4.69, 9.17) is 4.74 Å². The van der Waals surface area contributed by atoms with Crippen molar-refractivity contribution in [3.05, 3.63) is 17.0 Å². The van der Waals surface area contributed by atoms with Crippen molar-refractivity contribution in [3.8, 4) is 0 Å². The second-order valence-corrected chi connectivity index (χ2v) is 5.22. The average Bonchev–Trinajstić information content (AvgIpc) is 2.63. The first-order valence-corrected chi connectivity index (χ1v) is 6.03. The molecular weight excluding hydrogens is 242 g/mol. The van der Waals surface area contributed by atoms with Crippen LogP contribution >= 0.6 is 0 Å². The average molecular weight is 256 g/mol. The molecule has 2 aliphatic rings. The van der Waals surface area contributed by atoms with Crippen LogP contribution in [-0.2, 0) is 17.6 Å². The topological polar surface area (TPSA) is 55.0 Å². The fourth-order valence-corrected chi connectivity index (χ4v) is 2.98. The van der Waals surface area contributed by atoms with Crippen molar-refractivity contribution in [3.63, 3.8) is 0 Å². The third kappa shape index (κ3) is 1.23. The van der Waals surface area contributed by atoms with Crippen molar-refractivity contribution >= 4 is 5.97 Å². The molecule has 0 radical (unpaired) electrons. The second kappa shape index (κ2) is 3.30. The Bertz CT molecular complexity index is 526. The maximum absolute atomic E-state index is 13.7. The van der Waals surface area contributed by atoms with Crippen molar-refractivity contribution < 1.29 is 18.3 Å². The molecule has 1 fully saturated rings. The molecule has 4 nitrogen and oxygen atoms in total. The van der Waals surface area contributed by atoms with Crippen molar-refractivity contribution in [2.75, 3.05) is 6.61 Å². The molecule has 0 spiro atoms. The molecule has 2 aliphatic carbocycles. The number of aromatic amines is 1. The third-order valence-corrected chi connectivity index (χ3v) is 4.26. The fourth-order valence-electron chi connectivity index (χ4n) is 2.98. The smallest absolute Gasteiger partial charge is 0.359 e. The number of rotatable bonds is 2. The number of ether oxygens (including phenoxy) is 1. The summed E-state index contributed by atoms with van der Waals surface area (Å²) in [5.41, 5.74) is 0.442. The highest BCUT2D eigenvalue weighted by molar-refractivity contribution is 5.89. The van der Waals surface area contributed by atoms with Crippen LogP contribution in [0.25, 0.3) is 0 Å². The lowest BCUT2D eigenvalue weighted by molar-refractivity contribution is 0.0515. The van der Waals surface area contributed by atoms with Gasteiger partial charge in [0.2, 0.25) is 0 Å². The lowest BCUT2D eigenvalue weighted by Gasteiger charge is -2.15. The highest BCUT2D eigenvalue weighted by Gasteiger charge is 2.78. The standard InChI is InChI=1S/C12H14F2N2O2/c1-3-18-10(17)9-6-4-8-11(2,12(8,13)14)5-7(6)15-16-9/h8H,3-5H2,1-2H3,(H,15,16). The molecule has 1 aromatic rings. The number of esters is 1. The number of aromatic nitrogens is 2. The van der Waals surface area contributed by atoms with Crippen molar-refractivity contribution in [2.24, 2.45) is 11.3 Å². The first kappa shape index (κ1) is 11.6. The lowest BCUT2D eigenvalue weighted by atomic mass is 9.88. The number of hydrogen-bond acceptors (Lipinski definition) is 3. The Balaban J connectivity index is 1.93. The molecule has 1 aromatic heterocycles. The Kier molecular flexibility index (Phi) is 2.13. The SMILES string of the molecule is CCOC(=O)c1n[nH]c2c1CC1C(F)(F)C1(C)C2. The number of fused-ring (bicyclic) bond motifs is 2. The van der Waals surface area contributed by atoms with E-state index in [1.807, 2.05) is 0 Å². The molecule has 2 atom stereocenters. The van der Waals surface area contributed by atoms with Gasteiger partial charge in [-0.25, -0.2) is 13.6 Å². The fraction of sp³-hybridized carbons (Fsp3) is 0.667. The summed E-state index contributed by atoms with van der Waals surface area (Å²) in [6, 6.07) is 0. The first-order valence-electron chi connectivity index (χ1n) is 6.03. The maximum Gasteiger partial charge on any atom is 0.359 e. The molecule has 2 unspecified atom stereocenters. The van der Waals surface area contributed by atoms with Crippen LogP contribution in [0.4, 0.5) is 8.78 Å². The van der Waals surface area contributed by atoms with Gasteiger partial charge >= 0.3 is 5.97 Å². The second-order valence-electron chi connectivity index (χ2n) is 5.22. The van der Waals surface area contributed by atoms with Gasteiger partial charge < -0.3 is 4.74 Å². The first-order chi connectivity index (χ1) is 8.41. The molecule has 98 valence electrons. The van der Waals surface area contributed by atoms with Crippen molar-refractivity contribution in [1.82, 2.24) is 10.2 Å². The summed E-state index contributed by atoms with van der Waals surface area (Å²) in [5.74, 6) is -3.86. The summed E-state index contributed by atoms with van der Waals surface area (Å²) in [6.07, 6.45) is 0.440. The largest absolute Gasteiger partial charge is 0.461 e. The van der Waals surface area contributed by atoms with E-state index in [9.17, 15) is 13.6 Å². The summed E-state index contributed by atoms with van der Waals surface area (Å²) >= 11 is 0. The number of carbonyl (C=O) groups is 1. The summed E-state index contributed by atoms with van der Waals surface area (Å²) in [5, 5.41) is 6.61. The van der Waals surface area contributed by atoms with Crippen LogP contribution < -0.4 is 0 Å². The minimum atomic E-state index is -2.64. The molecule has 1 saturated carbocycles. The molecule has 1 heterocycles. The minimum Gasteiger partial charge on any atom is -0.461 e. The monoisotopic (exact) mass is 256 g/mol. The number of halogens is 2. The Morgan fingerprint density at radius 3 is 3.00 bits per heavy atom. The molecule has 0 bridgehead atoms. The van der Waals surface area contributed by atoms with E-state index < -0.39 is 23.2 Å². The lowest BCUT2D eigenvalue weighted by Crippen LogP contribution is -2.16. The van der Waals surface area contributed by atoms with E-state index in [1.165, 1.54) is 0 Å². The predicted octanol–water partition coefficient (Wildman–Crippen LogP) is 1.96. The summed E-state index contributed by atoms with van der Waals surface area (Å²) in [4.78, 5) is 11.6. The highest BCUT2D eigenvalue weighted by atomic mass is 19.3. The van der Waals surface area contributed by atoms with Crippen LogP contribution in [0.2, 0.25) is 0 Å². The van der Waals surface area contributed by atoms with Crippen molar-refractivity contribution in [1.29, 1.82) is 0 Å². The van der Waals surface area contributed by atoms with Crippen molar-refractivity contribution in [2.45, 2.75) is 32.6 Å². The van der Waals surface area contributed by atoms with Crippen LogP contribution in [0.15, 0.2) is 0 Å². The van der Waals surface area contributed by atoms with E-state index in [1.54, 1.807) is 13.8 Å². The quantitative estimate of drug-likeness (QED) is 0.823. The summed E-state index contributed by atoms with van der Waals surface area (Å²) in [6.45, 7) is 3.53. The normalized spacial score (nSPS) is 31.4. The van der Waals surface area contributed by atoms with E-state index in [2.05, 4.69) is 10.2 Å². The molecule has 18 heavy (non-hydrogen) atoms. The van der Waals surface area contributed by atoms with E-state index in [0.29, 0.717) is 11.3 Å². The number of hydrogen-bond donors (Lipinski definition) is 1. The van der Waals surface area contributed by atoms with E-state index in [-0.39, 0.29) is 25.1 Å². The van der Waals surface area contributed by atoms with Crippen LogP contribution in [0.5, 0.6) is 0 Å². The zero-order valence-corrected chi connectivity index (χ0v) is 10.2. The van der Waals surface area contributed by atoms with Crippen LogP contribution in [-0.4, -0.2) is 28.7 Å². The molecule has 0 amide bonds. The number of alkyl halides is 2. The Hall–Kier alpha value is -1.46. The van der Waals surface area contributed by atoms with Gasteiger partial charge in [0.15, 0.2) is 5.69 Å². The van der Waals surface area contributed by atoms with Gasteiger partial charge in [0.05, 0.1) is 6.61 Å². The van der Waals surface area contributed by atoms with Gasteiger partial charge in [0.1, 0.15) is 0 Å². The predicted molar refractivity (Wildman–Crippen MR) is 58.5 cm³/mol. The van der Waals surface area contributed by atoms with Crippen LogP contribution in [0, 0.1) is 11.3 Å². The molecule has 1 N–H and O–H groups in total. The zero-order valence-electron chi connectivity index (χ0n) is 10.2. The Morgan fingerprint density at radius 2 is 2.33 bits per heavy atom. The highest BCUT2D eigenvalue weighted by Crippen LogP contribution is 2.70. The number of nitrogens with zero attached hydrogens (tertiary/aromatic N) is 1.